The summed E-state index contributed by atoms with van der Waals surface area (Å²) in [6.07, 6.45) is 1.87. The van der Waals surface area contributed by atoms with Gasteiger partial charge in [0.25, 0.3) is 0 Å². The second kappa shape index (κ2) is 4.77. The highest BCUT2D eigenvalue weighted by Gasteiger charge is 2.60. The van der Waals surface area contributed by atoms with E-state index in [1.807, 2.05) is 6.07 Å². The van der Waals surface area contributed by atoms with E-state index in [2.05, 4.69) is 0 Å². The van der Waals surface area contributed by atoms with Crippen LogP contribution in [-0.2, 0) is 10.3 Å². The average molecular weight is 306 g/mol. The summed E-state index contributed by atoms with van der Waals surface area (Å²) in [6, 6.07) is 4.10. The van der Waals surface area contributed by atoms with E-state index in [4.69, 9.17) is 5.73 Å². The number of nitrogens with two attached hydrogens (primary N) is 1. The van der Waals surface area contributed by atoms with E-state index in [1.165, 1.54) is 6.07 Å². The van der Waals surface area contributed by atoms with E-state index >= 15 is 0 Å². The Morgan fingerprint density at radius 2 is 2.14 bits per heavy atom. The molecule has 3 rings (SSSR count). The van der Waals surface area contributed by atoms with E-state index in [0.29, 0.717) is 24.8 Å². The Kier molecular flexibility index (Phi) is 3.34. The summed E-state index contributed by atoms with van der Waals surface area (Å²) in [5.41, 5.74) is 5.80. The number of hydrogen-bond acceptors (Lipinski definition) is 3. The normalized spacial score (nSPS) is 31.7. The number of halogens is 1. The molecule has 5 heteroatoms. The van der Waals surface area contributed by atoms with E-state index in [-0.39, 0.29) is 17.8 Å². The van der Waals surface area contributed by atoms with E-state index in [0.717, 1.165) is 5.56 Å². The van der Waals surface area contributed by atoms with Crippen LogP contribution in [0.5, 0.6) is 0 Å². The molecule has 2 fully saturated rings. The highest BCUT2D eigenvalue weighted by atomic mass is 19.1. The van der Waals surface area contributed by atoms with Crippen molar-refractivity contribution < 1.29 is 14.3 Å². The second-order valence-corrected chi connectivity index (χ2v) is 7.17. The van der Waals surface area contributed by atoms with Crippen molar-refractivity contribution in [2.24, 2.45) is 5.73 Å². The van der Waals surface area contributed by atoms with Crippen LogP contribution in [0.3, 0.4) is 0 Å². The molecule has 3 N–H and O–H groups in total. The van der Waals surface area contributed by atoms with Gasteiger partial charge in [0.2, 0.25) is 5.91 Å². The molecule has 1 aromatic carbocycles. The van der Waals surface area contributed by atoms with Crippen molar-refractivity contribution in [3.63, 3.8) is 0 Å². The lowest BCUT2D eigenvalue weighted by Gasteiger charge is -2.40. The summed E-state index contributed by atoms with van der Waals surface area (Å²) in [4.78, 5) is 14.4. The maximum Gasteiger partial charge on any atom is 0.240 e. The molecular weight excluding hydrogens is 283 g/mol. The third kappa shape index (κ3) is 1.99. The van der Waals surface area contributed by atoms with Crippen molar-refractivity contribution in [2.75, 3.05) is 0 Å². The van der Waals surface area contributed by atoms with Crippen LogP contribution < -0.4 is 5.73 Å². The van der Waals surface area contributed by atoms with E-state index < -0.39 is 17.2 Å². The Balaban J connectivity index is 2.16. The fourth-order valence-electron chi connectivity index (χ4n) is 4.27. The van der Waals surface area contributed by atoms with Gasteiger partial charge in [0, 0.05) is 0 Å². The highest BCUT2D eigenvalue weighted by Crippen LogP contribution is 2.52. The van der Waals surface area contributed by atoms with Gasteiger partial charge in [0.15, 0.2) is 0 Å². The van der Waals surface area contributed by atoms with Crippen molar-refractivity contribution >= 4 is 5.91 Å². The van der Waals surface area contributed by atoms with Crippen molar-refractivity contribution in [3.05, 3.63) is 35.1 Å². The summed E-state index contributed by atoms with van der Waals surface area (Å²) in [5, 5.41) is 10.4. The molecule has 4 nitrogen and oxygen atoms in total. The maximum atomic E-state index is 14.0. The van der Waals surface area contributed by atoms with Gasteiger partial charge in [-0.1, -0.05) is 12.1 Å². The van der Waals surface area contributed by atoms with Gasteiger partial charge < -0.3 is 15.7 Å². The zero-order valence-electron chi connectivity index (χ0n) is 13.3. The number of rotatable bonds is 2. The fourth-order valence-corrected chi connectivity index (χ4v) is 4.27. The summed E-state index contributed by atoms with van der Waals surface area (Å²) < 4.78 is 14.0. The number of benzene rings is 1. The Hall–Kier alpha value is -1.46. The van der Waals surface area contributed by atoms with Crippen molar-refractivity contribution in [2.45, 2.75) is 63.3 Å². The van der Waals surface area contributed by atoms with E-state index in [9.17, 15) is 14.3 Å². The molecule has 0 radical (unpaired) electrons. The standard InChI is InChI=1S/C17H23FN2O2/c1-10-11(5-4-6-12(10)18)17-8-7-14(16(2,3)22)20(17)15(21)13(19)9-17/h4-6,13-14,22H,7-9,19H2,1-3H3/t13-,14+,17+/m0/s1. The molecule has 2 aliphatic rings. The Morgan fingerprint density at radius 1 is 1.45 bits per heavy atom. The first-order valence-corrected chi connectivity index (χ1v) is 7.75. The topological polar surface area (TPSA) is 66.6 Å². The van der Waals surface area contributed by atoms with Crippen LogP contribution in [0.15, 0.2) is 18.2 Å². The first-order chi connectivity index (χ1) is 10.2. The number of nitrogens with zero attached hydrogens (tertiary/aromatic N) is 1. The second-order valence-electron chi connectivity index (χ2n) is 7.17. The molecule has 0 spiro atoms. The molecule has 2 saturated heterocycles. The quantitative estimate of drug-likeness (QED) is 0.876. The third-order valence-corrected chi connectivity index (χ3v) is 5.30. The van der Waals surface area contributed by atoms with Gasteiger partial charge >= 0.3 is 0 Å². The molecule has 2 heterocycles. The lowest BCUT2D eigenvalue weighted by molar-refractivity contribution is -0.138. The SMILES string of the molecule is Cc1c(F)cccc1[C@]12CC[C@H](C(C)(C)O)N1C(=O)[C@@H](N)C2. The fraction of sp³-hybridized carbons (Fsp3) is 0.588. The first-order valence-electron chi connectivity index (χ1n) is 7.75. The zero-order chi connectivity index (χ0) is 16.3. The van der Waals surface area contributed by atoms with Crippen LogP contribution in [0, 0.1) is 12.7 Å². The van der Waals surface area contributed by atoms with Crippen molar-refractivity contribution in [3.8, 4) is 0 Å². The van der Waals surface area contributed by atoms with Crippen LogP contribution in [0.2, 0.25) is 0 Å². The largest absolute Gasteiger partial charge is 0.388 e. The monoisotopic (exact) mass is 306 g/mol. The highest BCUT2D eigenvalue weighted by molar-refractivity contribution is 5.86. The Labute approximate surface area is 130 Å². The smallest absolute Gasteiger partial charge is 0.240 e. The summed E-state index contributed by atoms with van der Waals surface area (Å²) in [7, 11) is 0. The molecule has 22 heavy (non-hydrogen) atoms. The summed E-state index contributed by atoms with van der Waals surface area (Å²) >= 11 is 0. The molecule has 3 atom stereocenters. The lowest BCUT2D eigenvalue weighted by atomic mass is 9.82. The van der Waals surface area contributed by atoms with Crippen LogP contribution >= 0.6 is 0 Å². The molecule has 0 unspecified atom stereocenters. The molecule has 0 aliphatic carbocycles. The molecule has 1 amide bonds. The molecule has 0 aromatic heterocycles. The minimum Gasteiger partial charge on any atom is -0.388 e. The Bertz CT molecular complexity index is 626. The summed E-state index contributed by atoms with van der Waals surface area (Å²) in [6.45, 7) is 5.16. The molecule has 2 aliphatic heterocycles. The molecule has 1 aromatic rings. The van der Waals surface area contributed by atoms with Crippen LogP contribution in [0.1, 0.15) is 44.2 Å². The Morgan fingerprint density at radius 3 is 2.77 bits per heavy atom. The van der Waals surface area contributed by atoms with Crippen LogP contribution in [-0.4, -0.2) is 33.6 Å². The van der Waals surface area contributed by atoms with Crippen molar-refractivity contribution in [1.29, 1.82) is 0 Å². The third-order valence-electron chi connectivity index (χ3n) is 5.30. The summed E-state index contributed by atoms with van der Waals surface area (Å²) in [5.74, 6) is -0.417. The molecule has 0 saturated carbocycles. The number of fused-ring (bicyclic) bond motifs is 1. The van der Waals surface area contributed by atoms with Gasteiger partial charge in [-0.05, 0) is 57.2 Å². The van der Waals surface area contributed by atoms with Gasteiger partial charge in [0.1, 0.15) is 5.82 Å². The number of carbonyl (C=O) groups excluding carboxylic acids is 1. The molecule has 0 bridgehead atoms. The predicted molar refractivity (Wildman–Crippen MR) is 81.6 cm³/mol. The van der Waals surface area contributed by atoms with Gasteiger partial charge in [-0.25, -0.2) is 4.39 Å². The van der Waals surface area contributed by atoms with Gasteiger partial charge in [0.05, 0.1) is 23.2 Å². The van der Waals surface area contributed by atoms with Gasteiger partial charge in [-0.15, -0.1) is 0 Å². The maximum absolute atomic E-state index is 14.0. The first kappa shape index (κ1) is 15.4. The van der Waals surface area contributed by atoms with E-state index in [1.54, 1.807) is 31.7 Å². The van der Waals surface area contributed by atoms with Crippen LogP contribution in [0.25, 0.3) is 0 Å². The van der Waals surface area contributed by atoms with Gasteiger partial charge in [-0.3, -0.25) is 4.79 Å². The average Bonchev–Trinajstić information content (AvgIpc) is 2.90. The number of carbonyl (C=O) groups is 1. The van der Waals surface area contributed by atoms with Crippen molar-refractivity contribution in [1.82, 2.24) is 4.90 Å². The number of aliphatic hydroxyl groups is 1. The zero-order valence-corrected chi connectivity index (χ0v) is 13.3. The predicted octanol–water partition coefficient (Wildman–Crippen LogP) is 1.82. The van der Waals surface area contributed by atoms with Crippen LogP contribution in [0.4, 0.5) is 4.39 Å². The molecule has 120 valence electrons. The molecular formula is C17H23FN2O2. The minimum absolute atomic E-state index is 0.145. The minimum atomic E-state index is -1.01. The lowest BCUT2D eigenvalue weighted by Crippen LogP contribution is -2.52. The number of amides is 1. The number of hydrogen-bond donors (Lipinski definition) is 2. The van der Waals surface area contributed by atoms with Gasteiger partial charge in [-0.2, -0.15) is 0 Å².